The van der Waals surface area contributed by atoms with Crippen molar-refractivity contribution in [3.63, 3.8) is 0 Å². The number of anilines is 1. The van der Waals surface area contributed by atoms with Gasteiger partial charge in [0.2, 0.25) is 0 Å². The lowest BCUT2D eigenvalue weighted by Gasteiger charge is -2.36. The van der Waals surface area contributed by atoms with Gasteiger partial charge in [-0.05, 0) is 40.5 Å². The highest BCUT2D eigenvalue weighted by molar-refractivity contribution is 5.85. The van der Waals surface area contributed by atoms with Gasteiger partial charge in [-0.2, -0.15) is 5.26 Å². The molecule has 0 spiro atoms. The first kappa shape index (κ1) is 19.5. The Bertz CT molecular complexity index is 1180. The molecule has 0 saturated heterocycles. The molecule has 0 amide bonds. The van der Waals surface area contributed by atoms with Crippen LogP contribution in [0.2, 0.25) is 0 Å². The first-order valence-corrected chi connectivity index (χ1v) is 10.1. The Hall–Kier alpha value is -3.83. The molecule has 0 aliphatic carbocycles. The van der Waals surface area contributed by atoms with Crippen molar-refractivity contribution >= 4 is 16.5 Å². The highest BCUT2D eigenvalue weighted by atomic mass is 14.9. The van der Waals surface area contributed by atoms with Crippen LogP contribution in [0.5, 0.6) is 0 Å². The van der Waals surface area contributed by atoms with Crippen LogP contribution in [0.1, 0.15) is 23.6 Å². The van der Waals surface area contributed by atoms with E-state index in [0.29, 0.717) is 6.42 Å². The van der Waals surface area contributed by atoms with Gasteiger partial charge >= 0.3 is 0 Å². The van der Waals surface area contributed by atoms with Crippen LogP contribution in [0.4, 0.5) is 5.69 Å². The molecule has 0 bridgehead atoms. The zero-order valence-electron chi connectivity index (χ0n) is 16.8. The average Bonchev–Trinajstić information content (AvgIpc) is 2.82. The molecule has 1 N–H and O–H groups in total. The lowest BCUT2D eigenvalue weighted by Crippen LogP contribution is -2.36. The molecule has 146 valence electrons. The molecular weight excluding hydrogens is 364 g/mol. The van der Waals surface area contributed by atoms with Gasteiger partial charge in [-0.1, -0.05) is 97.1 Å². The topological polar surface area (TPSA) is 35.8 Å². The number of nitrogens with one attached hydrogen (secondary N) is 1. The maximum Gasteiger partial charge on any atom is 0.110 e. The van der Waals surface area contributed by atoms with Crippen LogP contribution < -0.4 is 5.32 Å². The van der Waals surface area contributed by atoms with Crippen LogP contribution in [0.25, 0.3) is 10.8 Å². The first-order valence-electron chi connectivity index (χ1n) is 10.1. The summed E-state index contributed by atoms with van der Waals surface area (Å²) in [7, 11) is 0. The van der Waals surface area contributed by atoms with E-state index in [9.17, 15) is 5.26 Å². The quantitative estimate of drug-likeness (QED) is 0.345. The highest BCUT2D eigenvalue weighted by Crippen LogP contribution is 2.42. The van der Waals surface area contributed by atoms with Crippen molar-refractivity contribution in [2.75, 3.05) is 5.32 Å². The average molecular weight is 389 g/mol. The molecule has 0 saturated carbocycles. The third-order valence-corrected chi connectivity index (χ3v) is 5.64. The molecule has 0 aliphatic heterocycles. The molecular formula is C28H24N2. The maximum absolute atomic E-state index is 10.5. The van der Waals surface area contributed by atoms with Crippen LogP contribution in [-0.4, -0.2) is 0 Å². The predicted octanol–water partition coefficient (Wildman–Crippen LogP) is 7.03. The normalized spacial score (nSPS) is 13.7. The smallest absolute Gasteiger partial charge is 0.110 e. The molecule has 2 atom stereocenters. The van der Waals surface area contributed by atoms with E-state index >= 15 is 0 Å². The molecule has 0 aliphatic rings. The Balaban J connectivity index is 1.86. The third-order valence-electron chi connectivity index (χ3n) is 5.64. The molecule has 2 nitrogen and oxygen atoms in total. The molecule has 30 heavy (non-hydrogen) atoms. The van der Waals surface area contributed by atoms with Crippen molar-refractivity contribution in [2.24, 2.45) is 0 Å². The van der Waals surface area contributed by atoms with Crippen molar-refractivity contribution in [1.29, 1.82) is 5.26 Å². The Morgan fingerprint density at radius 1 is 0.833 bits per heavy atom. The van der Waals surface area contributed by atoms with Gasteiger partial charge in [-0.25, -0.2) is 0 Å². The number of rotatable bonds is 7. The first-order chi connectivity index (χ1) is 14.8. The van der Waals surface area contributed by atoms with Crippen LogP contribution in [0.15, 0.2) is 116 Å². The summed E-state index contributed by atoms with van der Waals surface area (Å²) in [5.74, 6) is 0. The number of fused-ring (bicyclic) bond motifs is 1. The summed E-state index contributed by atoms with van der Waals surface area (Å²) in [4.78, 5) is 0. The maximum atomic E-state index is 10.5. The van der Waals surface area contributed by atoms with Crippen LogP contribution >= 0.6 is 0 Å². The third kappa shape index (κ3) is 3.71. The summed E-state index contributed by atoms with van der Waals surface area (Å²) in [5, 5.41) is 16.6. The van der Waals surface area contributed by atoms with E-state index < -0.39 is 5.41 Å². The van der Waals surface area contributed by atoms with Crippen molar-refractivity contribution < 1.29 is 0 Å². The zero-order chi connectivity index (χ0) is 20.8. The molecule has 0 unspecified atom stereocenters. The van der Waals surface area contributed by atoms with Gasteiger partial charge in [0.15, 0.2) is 0 Å². The Labute approximate surface area is 178 Å². The molecule has 0 fully saturated rings. The van der Waals surface area contributed by atoms with Gasteiger partial charge in [0.25, 0.3) is 0 Å². The van der Waals surface area contributed by atoms with E-state index in [1.54, 1.807) is 0 Å². The molecule has 2 heteroatoms. The summed E-state index contributed by atoms with van der Waals surface area (Å²) in [6.07, 6.45) is 2.38. The van der Waals surface area contributed by atoms with Gasteiger partial charge in [-0.3, -0.25) is 0 Å². The van der Waals surface area contributed by atoms with Crippen molar-refractivity contribution in [3.05, 3.63) is 127 Å². The summed E-state index contributed by atoms with van der Waals surface area (Å²) in [6.45, 7) is 3.96. The van der Waals surface area contributed by atoms with Crippen molar-refractivity contribution in [2.45, 2.75) is 17.9 Å². The lowest BCUT2D eigenvalue weighted by molar-refractivity contribution is 0.474. The number of nitriles is 1. The molecule has 0 radical (unpaired) electrons. The second-order valence-electron chi connectivity index (χ2n) is 7.49. The highest BCUT2D eigenvalue weighted by Gasteiger charge is 2.41. The summed E-state index contributed by atoms with van der Waals surface area (Å²) in [5.41, 5.74) is 2.24. The summed E-state index contributed by atoms with van der Waals surface area (Å²) >= 11 is 0. The number of hydrogen-bond donors (Lipinski definition) is 1. The predicted molar refractivity (Wildman–Crippen MR) is 125 cm³/mol. The molecule has 4 aromatic carbocycles. The van der Waals surface area contributed by atoms with E-state index in [1.165, 1.54) is 10.8 Å². The monoisotopic (exact) mass is 388 g/mol. The van der Waals surface area contributed by atoms with E-state index in [1.807, 2.05) is 66.7 Å². The van der Waals surface area contributed by atoms with Gasteiger partial charge in [0.05, 0.1) is 12.1 Å². The minimum absolute atomic E-state index is 0.245. The molecule has 4 rings (SSSR count). The Morgan fingerprint density at radius 3 is 2.13 bits per heavy atom. The SMILES string of the molecule is C=CC[C@@](C#N)(c1ccccc1)[C@@H](Nc1ccc2ccccc2c1)c1ccccc1. The number of benzene rings is 4. The fourth-order valence-electron chi connectivity index (χ4n) is 4.12. The second kappa shape index (κ2) is 8.68. The second-order valence-corrected chi connectivity index (χ2v) is 7.49. The molecule has 0 aromatic heterocycles. The fourth-order valence-corrected chi connectivity index (χ4v) is 4.12. The molecule has 4 aromatic rings. The van der Waals surface area contributed by atoms with Gasteiger partial charge in [0, 0.05) is 5.69 Å². The number of allylic oxidation sites excluding steroid dienone is 1. The Morgan fingerprint density at radius 2 is 1.47 bits per heavy atom. The lowest BCUT2D eigenvalue weighted by atomic mass is 9.70. The van der Waals surface area contributed by atoms with Gasteiger partial charge < -0.3 is 5.32 Å². The van der Waals surface area contributed by atoms with E-state index in [2.05, 4.69) is 60.4 Å². The van der Waals surface area contributed by atoms with E-state index in [0.717, 1.165) is 16.8 Å². The number of nitrogens with zero attached hydrogens (tertiary/aromatic N) is 1. The summed E-state index contributed by atoms with van der Waals surface area (Å²) in [6, 6.07) is 37.3. The minimum atomic E-state index is -0.796. The zero-order valence-corrected chi connectivity index (χ0v) is 16.8. The minimum Gasteiger partial charge on any atom is -0.376 e. The fraction of sp³-hybridized carbons (Fsp3) is 0.107. The largest absolute Gasteiger partial charge is 0.376 e. The van der Waals surface area contributed by atoms with Crippen LogP contribution in [-0.2, 0) is 5.41 Å². The number of hydrogen-bond acceptors (Lipinski definition) is 2. The standard InChI is InChI=1S/C28H24N2/c1-2-19-28(21-29,25-15-7-4-8-16-25)27(23-12-5-3-6-13-23)30-26-18-17-22-11-9-10-14-24(22)20-26/h2-18,20,27,30H,1,19H2/t27-,28+/m0/s1. The molecule has 0 heterocycles. The van der Waals surface area contributed by atoms with Crippen LogP contribution in [0, 0.1) is 11.3 Å². The van der Waals surface area contributed by atoms with E-state index in [-0.39, 0.29) is 6.04 Å². The van der Waals surface area contributed by atoms with E-state index in [4.69, 9.17) is 0 Å². The van der Waals surface area contributed by atoms with Crippen LogP contribution in [0.3, 0.4) is 0 Å². The summed E-state index contributed by atoms with van der Waals surface area (Å²) < 4.78 is 0. The van der Waals surface area contributed by atoms with Crippen molar-refractivity contribution in [1.82, 2.24) is 0 Å². The van der Waals surface area contributed by atoms with Gasteiger partial charge in [0.1, 0.15) is 5.41 Å². The van der Waals surface area contributed by atoms with Crippen molar-refractivity contribution in [3.8, 4) is 6.07 Å². The van der Waals surface area contributed by atoms with Gasteiger partial charge in [-0.15, -0.1) is 6.58 Å². The Kier molecular flexibility index (Phi) is 5.63.